The van der Waals surface area contributed by atoms with E-state index in [2.05, 4.69) is 49.9 Å². The lowest BCUT2D eigenvalue weighted by Gasteiger charge is -2.36. The van der Waals surface area contributed by atoms with Gasteiger partial charge in [-0.25, -0.2) is 8.78 Å². The summed E-state index contributed by atoms with van der Waals surface area (Å²) in [6.07, 6.45) is 0. The number of amides is 1. The van der Waals surface area contributed by atoms with Crippen LogP contribution >= 0.6 is 0 Å². The van der Waals surface area contributed by atoms with Gasteiger partial charge in [0.05, 0.1) is 0 Å². The van der Waals surface area contributed by atoms with Crippen LogP contribution in [-0.2, 0) is 5.41 Å². The van der Waals surface area contributed by atoms with Crippen LogP contribution in [0.5, 0.6) is 0 Å². The summed E-state index contributed by atoms with van der Waals surface area (Å²) in [6.45, 7) is 9.09. The van der Waals surface area contributed by atoms with Crippen molar-refractivity contribution in [3.05, 3.63) is 65.2 Å². The molecule has 0 saturated carbocycles. The zero-order valence-corrected chi connectivity index (χ0v) is 15.4. The van der Waals surface area contributed by atoms with E-state index >= 15 is 0 Å². The topological polar surface area (TPSA) is 23.6 Å². The Hall–Kier alpha value is -2.43. The molecule has 1 aliphatic rings. The fourth-order valence-electron chi connectivity index (χ4n) is 3.15. The largest absolute Gasteiger partial charge is 0.368 e. The van der Waals surface area contributed by atoms with Crippen molar-refractivity contribution in [1.29, 1.82) is 0 Å². The van der Waals surface area contributed by atoms with Crippen molar-refractivity contribution in [2.45, 2.75) is 26.2 Å². The number of anilines is 1. The standard InChI is InChI=1S/C21H24F2N2O/c1-21(2,3)16-5-7-17(8-6-16)24-10-12-25(13-11-24)20(26)15-4-9-18(22)19(23)14-15/h4-9,14H,10-13H2,1-3H3. The number of piperazine rings is 1. The van der Waals surface area contributed by atoms with Crippen molar-refractivity contribution >= 4 is 11.6 Å². The molecule has 0 unspecified atom stereocenters. The first kappa shape index (κ1) is 18.4. The van der Waals surface area contributed by atoms with Gasteiger partial charge in [-0.1, -0.05) is 32.9 Å². The summed E-state index contributed by atoms with van der Waals surface area (Å²) in [5, 5.41) is 0. The van der Waals surface area contributed by atoms with Crippen molar-refractivity contribution in [3.63, 3.8) is 0 Å². The molecule has 138 valence electrons. The Kier molecular flexibility index (Phi) is 4.99. The quantitative estimate of drug-likeness (QED) is 0.802. The number of nitrogens with zero attached hydrogens (tertiary/aromatic N) is 2. The molecule has 1 aliphatic heterocycles. The van der Waals surface area contributed by atoms with Gasteiger partial charge in [0.2, 0.25) is 0 Å². The predicted molar refractivity (Wildman–Crippen MR) is 99.6 cm³/mol. The minimum atomic E-state index is -0.992. The zero-order chi connectivity index (χ0) is 18.9. The van der Waals surface area contributed by atoms with Gasteiger partial charge in [0.1, 0.15) is 0 Å². The maximum absolute atomic E-state index is 13.4. The van der Waals surface area contributed by atoms with Crippen LogP contribution < -0.4 is 4.90 Å². The van der Waals surface area contributed by atoms with Crippen LogP contribution in [0.3, 0.4) is 0 Å². The van der Waals surface area contributed by atoms with Gasteiger partial charge in [-0.05, 0) is 41.3 Å². The van der Waals surface area contributed by atoms with Crippen LogP contribution in [-0.4, -0.2) is 37.0 Å². The van der Waals surface area contributed by atoms with E-state index in [4.69, 9.17) is 0 Å². The number of rotatable bonds is 2. The van der Waals surface area contributed by atoms with E-state index in [-0.39, 0.29) is 16.9 Å². The molecule has 0 aromatic heterocycles. The number of hydrogen-bond donors (Lipinski definition) is 0. The van der Waals surface area contributed by atoms with Crippen LogP contribution in [0.4, 0.5) is 14.5 Å². The molecule has 0 radical (unpaired) electrons. The molecule has 1 saturated heterocycles. The third-order valence-electron chi connectivity index (χ3n) is 4.83. The minimum Gasteiger partial charge on any atom is -0.368 e. The Morgan fingerprint density at radius 3 is 2.04 bits per heavy atom. The Balaban J connectivity index is 1.63. The minimum absolute atomic E-state index is 0.119. The molecule has 3 nitrogen and oxygen atoms in total. The van der Waals surface area contributed by atoms with E-state index in [9.17, 15) is 13.6 Å². The summed E-state index contributed by atoms with van der Waals surface area (Å²) in [7, 11) is 0. The maximum atomic E-state index is 13.4. The molecule has 2 aromatic carbocycles. The number of carbonyl (C=O) groups is 1. The summed E-state index contributed by atoms with van der Waals surface area (Å²) < 4.78 is 26.4. The van der Waals surface area contributed by atoms with Gasteiger partial charge in [0, 0.05) is 37.4 Å². The molecule has 0 atom stereocenters. The van der Waals surface area contributed by atoms with Crippen LogP contribution in [0.15, 0.2) is 42.5 Å². The van der Waals surface area contributed by atoms with Crippen LogP contribution in [0, 0.1) is 11.6 Å². The lowest BCUT2D eigenvalue weighted by Crippen LogP contribution is -2.48. The van der Waals surface area contributed by atoms with E-state index in [0.717, 1.165) is 17.8 Å². The first-order chi connectivity index (χ1) is 12.3. The summed E-state index contributed by atoms with van der Waals surface area (Å²) in [5.74, 6) is -2.19. The van der Waals surface area contributed by atoms with Crippen molar-refractivity contribution in [2.75, 3.05) is 31.1 Å². The third-order valence-corrected chi connectivity index (χ3v) is 4.83. The molecule has 5 heteroatoms. The van der Waals surface area contributed by atoms with Crippen molar-refractivity contribution in [1.82, 2.24) is 4.90 Å². The molecule has 0 spiro atoms. The second kappa shape index (κ2) is 7.06. The number of carbonyl (C=O) groups excluding carboxylic acids is 1. The van der Waals surface area contributed by atoms with Gasteiger partial charge in [0.15, 0.2) is 11.6 Å². The Bertz CT molecular complexity index is 789. The Morgan fingerprint density at radius 1 is 0.885 bits per heavy atom. The average Bonchev–Trinajstić information content (AvgIpc) is 2.63. The monoisotopic (exact) mass is 358 g/mol. The van der Waals surface area contributed by atoms with E-state index < -0.39 is 11.6 Å². The molecule has 1 fully saturated rings. The second-order valence-corrected chi connectivity index (χ2v) is 7.71. The summed E-state index contributed by atoms with van der Waals surface area (Å²) in [4.78, 5) is 16.4. The molecule has 0 N–H and O–H groups in total. The fourth-order valence-corrected chi connectivity index (χ4v) is 3.15. The molecule has 0 aliphatic carbocycles. The van der Waals surface area contributed by atoms with E-state index in [1.165, 1.54) is 11.6 Å². The van der Waals surface area contributed by atoms with Crippen molar-refractivity contribution in [3.8, 4) is 0 Å². The lowest BCUT2D eigenvalue weighted by molar-refractivity contribution is 0.0746. The van der Waals surface area contributed by atoms with Gasteiger partial charge in [-0.2, -0.15) is 0 Å². The van der Waals surface area contributed by atoms with Crippen LogP contribution in [0.25, 0.3) is 0 Å². The molecule has 1 amide bonds. The number of hydrogen-bond acceptors (Lipinski definition) is 2. The highest BCUT2D eigenvalue weighted by Gasteiger charge is 2.23. The summed E-state index contributed by atoms with van der Waals surface area (Å²) in [6, 6.07) is 11.8. The van der Waals surface area contributed by atoms with Crippen LogP contribution in [0.1, 0.15) is 36.7 Å². The first-order valence-corrected chi connectivity index (χ1v) is 8.85. The maximum Gasteiger partial charge on any atom is 0.254 e. The van der Waals surface area contributed by atoms with Gasteiger partial charge >= 0.3 is 0 Å². The Labute approximate surface area is 153 Å². The molecule has 1 heterocycles. The van der Waals surface area contributed by atoms with Crippen LogP contribution in [0.2, 0.25) is 0 Å². The van der Waals surface area contributed by atoms with E-state index in [0.29, 0.717) is 26.2 Å². The number of halogens is 2. The second-order valence-electron chi connectivity index (χ2n) is 7.71. The SMILES string of the molecule is CC(C)(C)c1ccc(N2CCN(C(=O)c3ccc(F)c(F)c3)CC2)cc1. The summed E-state index contributed by atoms with van der Waals surface area (Å²) in [5.41, 5.74) is 2.73. The van der Waals surface area contributed by atoms with Gasteiger partial charge < -0.3 is 9.80 Å². The average molecular weight is 358 g/mol. The smallest absolute Gasteiger partial charge is 0.254 e. The highest BCUT2D eigenvalue weighted by molar-refractivity contribution is 5.94. The van der Waals surface area contributed by atoms with Crippen molar-refractivity contribution in [2.24, 2.45) is 0 Å². The first-order valence-electron chi connectivity index (χ1n) is 8.85. The normalized spacial score (nSPS) is 15.3. The predicted octanol–water partition coefficient (Wildman–Crippen LogP) is 4.22. The van der Waals surface area contributed by atoms with Gasteiger partial charge in [0.25, 0.3) is 5.91 Å². The molecular weight excluding hydrogens is 334 g/mol. The molecule has 26 heavy (non-hydrogen) atoms. The van der Waals surface area contributed by atoms with Crippen molar-refractivity contribution < 1.29 is 13.6 Å². The highest BCUT2D eigenvalue weighted by atomic mass is 19.2. The summed E-state index contributed by atoms with van der Waals surface area (Å²) >= 11 is 0. The zero-order valence-electron chi connectivity index (χ0n) is 15.4. The van der Waals surface area contributed by atoms with E-state index in [1.807, 2.05) is 0 Å². The molecule has 3 rings (SSSR count). The third kappa shape index (κ3) is 3.87. The molecule has 0 bridgehead atoms. The van der Waals surface area contributed by atoms with E-state index in [1.54, 1.807) is 4.90 Å². The fraction of sp³-hybridized carbons (Fsp3) is 0.381. The number of benzene rings is 2. The van der Waals surface area contributed by atoms with Gasteiger partial charge in [-0.15, -0.1) is 0 Å². The molecular formula is C21H24F2N2O. The highest BCUT2D eigenvalue weighted by Crippen LogP contribution is 2.25. The lowest BCUT2D eigenvalue weighted by atomic mass is 9.87. The van der Waals surface area contributed by atoms with Gasteiger partial charge in [-0.3, -0.25) is 4.79 Å². The Morgan fingerprint density at radius 2 is 1.50 bits per heavy atom. The molecule has 2 aromatic rings.